The highest BCUT2D eigenvalue weighted by Gasteiger charge is 2.20. The van der Waals surface area contributed by atoms with Crippen LogP contribution >= 0.6 is 0 Å². The van der Waals surface area contributed by atoms with E-state index in [9.17, 15) is 4.79 Å². The third-order valence-corrected chi connectivity index (χ3v) is 3.23. The molecule has 0 saturated heterocycles. The van der Waals surface area contributed by atoms with E-state index >= 15 is 0 Å². The van der Waals surface area contributed by atoms with E-state index in [0.717, 1.165) is 29.7 Å². The maximum absolute atomic E-state index is 12.2. The predicted octanol–water partition coefficient (Wildman–Crippen LogP) is 2.71. The van der Waals surface area contributed by atoms with Gasteiger partial charge < -0.3 is 10.5 Å². The van der Waals surface area contributed by atoms with Gasteiger partial charge in [-0.25, -0.2) is 0 Å². The molecule has 1 aromatic rings. The van der Waals surface area contributed by atoms with Crippen LogP contribution in [0.3, 0.4) is 0 Å². The van der Waals surface area contributed by atoms with Crippen molar-refractivity contribution >= 4 is 5.78 Å². The van der Waals surface area contributed by atoms with Gasteiger partial charge in [-0.3, -0.25) is 4.79 Å². The molecule has 1 aliphatic heterocycles. The zero-order valence-corrected chi connectivity index (χ0v) is 11.2. The quantitative estimate of drug-likeness (QED) is 0.832. The molecule has 3 heteroatoms. The smallest absolute Gasteiger partial charge is 0.166 e. The Balaban J connectivity index is 2.15. The van der Waals surface area contributed by atoms with Crippen LogP contribution in [0.15, 0.2) is 18.2 Å². The molecule has 0 aromatic heterocycles. The zero-order chi connectivity index (χ0) is 13.2. The van der Waals surface area contributed by atoms with Crippen LogP contribution < -0.4 is 10.5 Å². The number of carbonyl (C=O) groups excluding carboxylic acids is 1. The lowest BCUT2D eigenvalue weighted by Crippen LogP contribution is -2.32. The summed E-state index contributed by atoms with van der Waals surface area (Å²) >= 11 is 0. The number of hydrogen-bond acceptors (Lipinski definition) is 3. The van der Waals surface area contributed by atoms with E-state index in [1.54, 1.807) is 0 Å². The van der Waals surface area contributed by atoms with Crippen molar-refractivity contribution in [1.82, 2.24) is 0 Å². The van der Waals surface area contributed by atoms with Crippen LogP contribution in [0.1, 0.15) is 49.0 Å². The Morgan fingerprint density at radius 3 is 2.94 bits per heavy atom. The molecule has 2 rings (SSSR count). The van der Waals surface area contributed by atoms with Crippen molar-refractivity contribution in [3.05, 3.63) is 29.3 Å². The van der Waals surface area contributed by atoms with E-state index < -0.39 is 0 Å². The second-order valence-electron chi connectivity index (χ2n) is 5.66. The molecule has 0 saturated carbocycles. The van der Waals surface area contributed by atoms with Crippen molar-refractivity contribution in [2.45, 2.75) is 45.1 Å². The van der Waals surface area contributed by atoms with Crippen LogP contribution in [0.5, 0.6) is 5.75 Å². The number of Topliss-reactive ketones (excluding diaryl/α,β-unsaturated/α-hetero) is 1. The van der Waals surface area contributed by atoms with Gasteiger partial charge in [0.25, 0.3) is 0 Å². The summed E-state index contributed by atoms with van der Waals surface area (Å²) < 4.78 is 5.66. The average Bonchev–Trinajstić information content (AvgIpc) is 2.34. The summed E-state index contributed by atoms with van der Waals surface area (Å²) in [6.45, 7) is 4.59. The third kappa shape index (κ3) is 3.10. The number of nitrogens with two attached hydrogens (primary N) is 1. The number of benzene rings is 1. The molecule has 0 aliphatic carbocycles. The molecule has 3 nitrogen and oxygen atoms in total. The second kappa shape index (κ2) is 5.11. The topological polar surface area (TPSA) is 52.3 Å². The molecule has 0 unspecified atom stereocenters. The van der Waals surface area contributed by atoms with Gasteiger partial charge in [-0.1, -0.05) is 12.1 Å². The third-order valence-electron chi connectivity index (χ3n) is 3.23. The van der Waals surface area contributed by atoms with Crippen molar-refractivity contribution in [1.29, 1.82) is 0 Å². The minimum absolute atomic E-state index is 0.132. The number of ketones is 1. The van der Waals surface area contributed by atoms with Crippen LogP contribution in [-0.4, -0.2) is 17.9 Å². The lowest BCUT2D eigenvalue weighted by Gasteiger charge is -2.21. The van der Waals surface area contributed by atoms with Gasteiger partial charge in [0.15, 0.2) is 5.78 Å². The number of aryl methyl sites for hydroxylation is 1. The van der Waals surface area contributed by atoms with Gasteiger partial charge in [0.05, 0.1) is 12.2 Å². The van der Waals surface area contributed by atoms with Gasteiger partial charge in [0.1, 0.15) is 5.75 Å². The number of fused-ring (bicyclic) bond motifs is 1. The fourth-order valence-electron chi connectivity index (χ4n) is 2.18. The molecular formula is C15H21NO2. The average molecular weight is 247 g/mol. The summed E-state index contributed by atoms with van der Waals surface area (Å²) in [5.74, 6) is 0.927. The highest BCUT2D eigenvalue weighted by atomic mass is 16.5. The lowest BCUT2D eigenvalue weighted by atomic mass is 9.94. The van der Waals surface area contributed by atoms with Gasteiger partial charge >= 0.3 is 0 Å². The molecule has 0 atom stereocenters. The molecule has 2 N–H and O–H groups in total. The Labute approximate surface area is 108 Å². The van der Waals surface area contributed by atoms with Crippen molar-refractivity contribution in [3.8, 4) is 5.75 Å². The monoisotopic (exact) mass is 247 g/mol. The standard InChI is InChI=1S/C15H21NO2/c1-15(2,16)9-8-13(17)12-7-3-5-11-6-4-10-18-14(11)12/h3,5,7H,4,6,8-10,16H2,1-2H3. The van der Waals surface area contributed by atoms with Crippen molar-refractivity contribution in [3.63, 3.8) is 0 Å². The first-order valence-corrected chi connectivity index (χ1v) is 6.54. The van der Waals surface area contributed by atoms with Crippen LogP contribution in [0.2, 0.25) is 0 Å². The van der Waals surface area contributed by atoms with Crippen LogP contribution in [0, 0.1) is 0 Å². The van der Waals surface area contributed by atoms with Gasteiger partial charge in [0, 0.05) is 12.0 Å². The van der Waals surface area contributed by atoms with E-state index in [0.29, 0.717) is 19.4 Å². The minimum atomic E-state index is -0.300. The molecule has 98 valence electrons. The lowest BCUT2D eigenvalue weighted by molar-refractivity contribution is 0.0967. The summed E-state index contributed by atoms with van der Waals surface area (Å²) in [5, 5.41) is 0. The maximum atomic E-state index is 12.2. The van der Waals surface area contributed by atoms with E-state index in [4.69, 9.17) is 10.5 Å². The van der Waals surface area contributed by atoms with E-state index in [1.165, 1.54) is 0 Å². The fraction of sp³-hybridized carbons (Fsp3) is 0.533. The Hall–Kier alpha value is -1.35. The molecule has 0 radical (unpaired) electrons. The van der Waals surface area contributed by atoms with E-state index in [-0.39, 0.29) is 11.3 Å². The Kier molecular flexibility index (Phi) is 3.71. The molecular weight excluding hydrogens is 226 g/mol. The van der Waals surface area contributed by atoms with Gasteiger partial charge in [-0.15, -0.1) is 0 Å². The molecule has 0 fully saturated rings. The first kappa shape index (κ1) is 13.1. The number of ether oxygens (including phenoxy) is 1. The zero-order valence-electron chi connectivity index (χ0n) is 11.2. The van der Waals surface area contributed by atoms with Crippen LogP contribution in [0.25, 0.3) is 0 Å². The molecule has 1 aliphatic rings. The van der Waals surface area contributed by atoms with Gasteiger partial charge in [-0.2, -0.15) is 0 Å². The number of hydrogen-bond donors (Lipinski definition) is 1. The number of rotatable bonds is 4. The number of para-hydroxylation sites is 1. The van der Waals surface area contributed by atoms with E-state index in [1.807, 2.05) is 32.0 Å². The largest absolute Gasteiger partial charge is 0.493 e. The van der Waals surface area contributed by atoms with Crippen LogP contribution in [0.4, 0.5) is 0 Å². The maximum Gasteiger partial charge on any atom is 0.166 e. The first-order valence-electron chi connectivity index (χ1n) is 6.54. The normalized spacial score (nSPS) is 14.8. The predicted molar refractivity (Wildman–Crippen MR) is 72.1 cm³/mol. The Morgan fingerprint density at radius 2 is 2.22 bits per heavy atom. The summed E-state index contributed by atoms with van der Waals surface area (Å²) in [6, 6.07) is 5.84. The van der Waals surface area contributed by atoms with Crippen molar-refractivity contribution in [2.75, 3.05) is 6.61 Å². The van der Waals surface area contributed by atoms with E-state index in [2.05, 4.69) is 0 Å². The molecule has 18 heavy (non-hydrogen) atoms. The minimum Gasteiger partial charge on any atom is -0.493 e. The first-order chi connectivity index (χ1) is 8.47. The summed E-state index contributed by atoms with van der Waals surface area (Å²) in [5.41, 5.74) is 7.49. The Bertz CT molecular complexity index is 446. The second-order valence-corrected chi connectivity index (χ2v) is 5.66. The highest BCUT2D eigenvalue weighted by Crippen LogP contribution is 2.30. The van der Waals surface area contributed by atoms with Gasteiger partial charge in [0.2, 0.25) is 0 Å². The fourth-order valence-corrected chi connectivity index (χ4v) is 2.18. The molecule has 1 heterocycles. The van der Waals surface area contributed by atoms with Crippen molar-refractivity contribution in [2.24, 2.45) is 5.73 Å². The molecule has 1 aromatic carbocycles. The number of carbonyl (C=O) groups is 1. The molecule has 0 bridgehead atoms. The van der Waals surface area contributed by atoms with Crippen LogP contribution in [-0.2, 0) is 6.42 Å². The highest BCUT2D eigenvalue weighted by molar-refractivity contribution is 5.99. The SMILES string of the molecule is CC(C)(N)CCC(=O)c1cccc2c1OCCC2. The molecule has 0 spiro atoms. The molecule has 0 amide bonds. The summed E-state index contributed by atoms with van der Waals surface area (Å²) in [7, 11) is 0. The summed E-state index contributed by atoms with van der Waals surface area (Å²) in [6.07, 6.45) is 3.19. The van der Waals surface area contributed by atoms with Crippen molar-refractivity contribution < 1.29 is 9.53 Å². The Morgan fingerprint density at radius 1 is 1.44 bits per heavy atom. The summed E-state index contributed by atoms with van der Waals surface area (Å²) in [4.78, 5) is 12.2. The van der Waals surface area contributed by atoms with Gasteiger partial charge in [-0.05, 0) is 44.7 Å².